The fourth-order valence-electron chi connectivity index (χ4n) is 3.72. The molecule has 9 heteroatoms. The summed E-state index contributed by atoms with van der Waals surface area (Å²) in [7, 11) is 3.50. The molecular formula is C21H25N7O2. The Kier molecular flexibility index (Phi) is 5.60. The maximum atomic E-state index is 12.6. The van der Waals surface area contributed by atoms with Crippen LogP contribution in [0.3, 0.4) is 0 Å². The number of fused-ring (bicyclic) bond motifs is 1. The van der Waals surface area contributed by atoms with Crippen LogP contribution in [0.4, 0.5) is 4.79 Å². The van der Waals surface area contributed by atoms with Gasteiger partial charge < -0.3 is 15.1 Å². The van der Waals surface area contributed by atoms with Crippen LogP contribution in [-0.4, -0.2) is 75.0 Å². The minimum absolute atomic E-state index is 0.00000347. The first-order chi connectivity index (χ1) is 14.5. The van der Waals surface area contributed by atoms with E-state index in [0.29, 0.717) is 30.8 Å². The molecule has 0 aliphatic carbocycles. The lowest BCUT2D eigenvalue weighted by molar-refractivity contribution is 0.0953. The fraction of sp³-hybridized carbons (Fsp3) is 0.381. The molecule has 1 fully saturated rings. The van der Waals surface area contributed by atoms with E-state index in [2.05, 4.69) is 20.5 Å². The summed E-state index contributed by atoms with van der Waals surface area (Å²) in [6, 6.07) is 7.42. The molecule has 1 aliphatic rings. The predicted molar refractivity (Wildman–Crippen MR) is 111 cm³/mol. The fourth-order valence-corrected chi connectivity index (χ4v) is 3.72. The molecule has 3 aromatic rings. The van der Waals surface area contributed by atoms with E-state index < -0.39 is 0 Å². The highest BCUT2D eigenvalue weighted by Gasteiger charge is 2.31. The van der Waals surface area contributed by atoms with Crippen molar-refractivity contribution in [3.8, 4) is 0 Å². The van der Waals surface area contributed by atoms with Gasteiger partial charge in [-0.2, -0.15) is 0 Å². The molecule has 0 radical (unpaired) electrons. The van der Waals surface area contributed by atoms with E-state index in [1.54, 1.807) is 49.7 Å². The van der Waals surface area contributed by atoms with Gasteiger partial charge in [0.2, 0.25) is 0 Å². The van der Waals surface area contributed by atoms with Crippen LogP contribution in [0.2, 0.25) is 0 Å². The molecule has 0 unspecified atom stereocenters. The number of likely N-dealkylation sites (tertiary alicyclic amines) is 1. The second-order valence-corrected chi connectivity index (χ2v) is 7.68. The molecule has 4 rings (SSSR count). The Bertz CT molecular complexity index is 1050. The number of aromatic nitrogens is 4. The van der Waals surface area contributed by atoms with Crippen LogP contribution in [0.25, 0.3) is 5.65 Å². The number of carbonyl (C=O) groups excluding carboxylic acids is 2. The van der Waals surface area contributed by atoms with Crippen molar-refractivity contribution in [1.29, 1.82) is 0 Å². The minimum atomic E-state index is -0.142. The highest BCUT2D eigenvalue weighted by atomic mass is 16.2. The zero-order valence-electron chi connectivity index (χ0n) is 17.2. The van der Waals surface area contributed by atoms with E-state index in [0.717, 1.165) is 24.2 Å². The summed E-state index contributed by atoms with van der Waals surface area (Å²) in [5.74, 6) is 0.730. The van der Waals surface area contributed by atoms with Crippen LogP contribution >= 0.6 is 0 Å². The minimum Gasteiger partial charge on any atom is -0.352 e. The van der Waals surface area contributed by atoms with Gasteiger partial charge >= 0.3 is 6.03 Å². The summed E-state index contributed by atoms with van der Waals surface area (Å²) in [6.45, 7) is 1.81. The normalized spacial score (nSPS) is 16.1. The summed E-state index contributed by atoms with van der Waals surface area (Å²) < 4.78 is 1.87. The molecule has 156 valence electrons. The van der Waals surface area contributed by atoms with Crippen LogP contribution in [0.15, 0.2) is 42.9 Å². The summed E-state index contributed by atoms with van der Waals surface area (Å²) in [5, 5.41) is 11.5. The highest BCUT2D eigenvalue weighted by Crippen LogP contribution is 2.27. The molecule has 0 saturated carbocycles. The lowest BCUT2D eigenvalue weighted by Crippen LogP contribution is -2.37. The largest absolute Gasteiger partial charge is 0.352 e. The van der Waals surface area contributed by atoms with Crippen LogP contribution < -0.4 is 5.32 Å². The van der Waals surface area contributed by atoms with Gasteiger partial charge in [-0.15, -0.1) is 10.2 Å². The van der Waals surface area contributed by atoms with Crippen molar-refractivity contribution in [2.24, 2.45) is 0 Å². The Morgan fingerprint density at radius 3 is 2.87 bits per heavy atom. The number of hydrogen-bond donors (Lipinski definition) is 1. The number of nitrogens with one attached hydrogen (secondary N) is 1. The molecule has 0 aromatic carbocycles. The van der Waals surface area contributed by atoms with Gasteiger partial charge in [0.05, 0.1) is 5.56 Å². The number of hydrogen-bond acceptors (Lipinski definition) is 5. The monoisotopic (exact) mass is 407 g/mol. The average molecular weight is 407 g/mol. The van der Waals surface area contributed by atoms with Crippen molar-refractivity contribution in [1.82, 2.24) is 34.7 Å². The lowest BCUT2D eigenvalue weighted by atomic mass is 10.1. The first-order valence-corrected chi connectivity index (χ1v) is 10.0. The lowest BCUT2D eigenvalue weighted by Gasteiger charge is -2.21. The van der Waals surface area contributed by atoms with Gasteiger partial charge in [0.15, 0.2) is 5.65 Å². The van der Waals surface area contributed by atoms with Crippen molar-refractivity contribution in [2.45, 2.75) is 18.8 Å². The summed E-state index contributed by atoms with van der Waals surface area (Å²) in [6.07, 6.45) is 6.85. The third-order valence-corrected chi connectivity index (χ3v) is 5.32. The summed E-state index contributed by atoms with van der Waals surface area (Å²) in [5.41, 5.74) is 2.32. The standard InChI is InChI=1S/C21H25N7O2/c1-26(2)21(30)27-11-8-16(13-27)19-25-24-18-6-5-17(14-28(18)19)20(29)23-10-7-15-4-3-9-22-12-15/h3-6,9,12,14,16H,7-8,10-11,13H2,1-2H3,(H,23,29)/t16-/m0/s1. The third kappa shape index (κ3) is 4.10. The maximum Gasteiger partial charge on any atom is 0.319 e. The number of pyridine rings is 2. The third-order valence-electron chi connectivity index (χ3n) is 5.32. The number of carbonyl (C=O) groups is 2. The summed E-state index contributed by atoms with van der Waals surface area (Å²) in [4.78, 5) is 32.3. The molecule has 1 N–H and O–H groups in total. The molecule has 1 atom stereocenters. The second-order valence-electron chi connectivity index (χ2n) is 7.68. The van der Waals surface area contributed by atoms with Crippen LogP contribution in [0.5, 0.6) is 0 Å². The molecule has 3 amide bonds. The molecule has 3 aromatic heterocycles. The first kappa shape index (κ1) is 19.8. The average Bonchev–Trinajstić information content (AvgIpc) is 3.40. The van der Waals surface area contributed by atoms with Gasteiger partial charge in [-0.1, -0.05) is 6.07 Å². The van der Waals surface area contributed by atoms with Crippen LogP contribution in [-0.2, 0) is 6.42 Å². The van der Waals surface area contributed by atoms with Gasteiger partial charge in [0.1, 0.15) is 5.82 Å². The Morgan fingerprint density at radius 1 is 1.23 bits per heavy atom. The van der Waals surface area contributed by atoms with E-state index in [1.807, 2.05) is 21.4 Å². The molecule has 4 heterocycles. The SMILES string of the molecule is CN(C)C(=O)N1CC[C@H](c2nnc3ccc(C(=O)NCCc4cccnc4)cn23)C1. The van der Waals surface area contributed by atoms with Crippen molar-refractivity contribution in [3.05, 3.63) is 59.8 Å². The van der Waals surface area contributed by atoms with E-state index in [9.17, 15) is 9.59 Å². The zero-order valence-corrected chi connectivity index (χ0v) is 17.2. The zero-order chi connectivity index (χ0) is 21.1. The van der Waals surface area contributed by atoms with Gasteiger partial charge in [-0.3, -0.25) is 14.2 Å². The Labute approximate surface area is 174 Å². The number of urea groups is 1. The Balaban J connectivity index is 1.45. The molecular weight excluding hydrogens is 382 g/mol. The summed E-state index contributed by atoms with van der Waals surface area (Å²) >= 11 is 0. The Hall–Kier alpha value is -3.49. The molecule has 1 aliphatic heterocycles. The molecule has 30 heavy (non-hydrogen) atoms. The second kappa shape index (κ2) is 8.48. The smallest absolute Gasteiger partial charge is 0.319 e. The van der Waals surface area contributed by atoms with Gasteiger partial charge in [-0.05, 0) is 36.6 Å². The van der Waals surface area contributed by atoms with Gasteiger partial charge in [0.25, 0.3) is 5.91 Å². The Morgan fingerprint density at radius 2 is 2.10 bits per heavy atom. The van der Waals surface area contributed by atoms with E-state index >= 15 is 0 Å². The first-order valence-electron chi connectivity index (χ1n) is 10.0. The number of rotatable bonds is 5. The van der Waals surface area contributed by atoms with Crippen LogP contribution in [0, 0.1) is 0 Å². The number of amides is 3. The van der Waals surface area contributed by atoms with E-state index in [1.165, 1.54) is 0 Å². The molecule has 0 bridgehead atoms. The van der Waals surface area contributed by atoms with Crippen molar-refractivity contribution >= 4 is 17.6 Å². The van der Waals surface area contributed by atoms with Crippen LogP contribution in [0.1, 0.15) is 34.1 Å². The molecule has 1 saturated heterocycles. The van der Waals surface area contributed by atoms with Gasteiger partial charge in [-0.25, -0.2) is 4.79 Å². The van der Waals surface area contributed by atoms with Crippen molar-refractivity contribution < 1.29 is 9.59 Å². The number of nitrogens with zero attached hydrogens (tertiary/aromatic N) is 6. The molecule has 0 spiro atoms. The highest BCUT2D eigenvalue weighted by molar-refractivity contribution is 5.94. The van der Waals surface area contributed by atoms with Gasteiger partial charge in [0, 0.05) is 58.2 Å². The maximum absolute atomic E-state index is 12.6. The van der Waals surface area contributed by atoms with E-state index in [-0.39, 0.29) is 17.9 Å². The topological polar surface area (TPSA) is 95.7 Å². The molecule has 9 nitrogen and oxygen atoms in total. The van der Waals surface area contributed by atoms with Crippen molar-refractivity contribution in [2.75, 3.05) is 33.7 Å². The quantitative estimate of drug-likeness (QED) is 0.693. The van der Waals surface area contributed by atoms with E-state index in [4.69, 9.17) is 0 Å². The predicted octanol–water partition coefficient (Wildman–Crippen LogP) is 1.57. The van der Waals surface area contributed by atoms with Crippen molar-refractivity contribution in [3.63, 3.8) is 0 Å².